The first kappa shape index (κ1) is 13.7. The summed E-state index contributed by atoms with van der Waals surface area (Å²) < 4.78 is 6.40. The van der Waals surface area contributed by atoms with Crippen LogP contribution in [0.25, 0.3) is 0 Å². The number of ether oxygens (including phenoxy) is 1. The quantitative estimate of drug-likeness (QED) is 0.736. The fourth-order valence-electron chi connectivity index (χ4n) is 2.33. The molecule has 3 rings (SSSR count). The highest BCUT2D eigenvalue weighted by Gasteiger charge is 2.17. The summed E-state index contributed by atoms with van der Waals surface area (Å²) in [6, 6.07) is 10.9. The Labute approximate surface area is 130 Å². The Bertz CT molecular complexity index is 682. The minimum atomic E-state index is -0.0651. The molecule has 0 bridgehead atoms. The van der Waals surface area contributed by atoms with Crippen LogP contribution in [0.15, 0.2) is 40.9 Å². The summed E-state index contributed by atoms with van der Waals surface area (Å²) in [5.74, 6) is 0.817. The van der Waals surface area contributed by atoms with Crippen molar-refractivity contribution in [2.45, 2.75) is 12.8 Å². The molecule has 0 fully saturated rings. The number of hydrogen-bond donors (Lipinski definition) is 0. The van der Waals surface area contributed by atoms with Crippen molar-refractivity contribution in [3.63, 3.8) is 0 Å². The van der Waals surface area contributed by atoms with E-state index in [1.165, 1.54) is 0 Å². The van der Waals surface area contributed by atoms with Gasteiger partial charge in [0.25, 0.3) is 0 Å². The second kappa shape index (κ2) is 5.58. The molecule has 0 saturated heterocycles. The van der Waals surface area contributed by atoms with E-state index in [2.05, 4.69) is 15.9 Å². The van der Waals surface area contributed by atoms with Gasteiger partial charge in [0.05, 0.1) is 11.6 Å². The molecule has 0 aliphatic carbocycles. The maximum absolute atomic E-state index is 12.6. The third-order valence-electron chi connectivity index (χ3n) is 3.34. The Morgan fingerprint density at radius 1 is 1.20 bits per heavy atom. The van der Waals surface area contributed by atoms with Crippen molar-refractivity contribution in [2.75, 3.05) is 6.61 Å². The van der Waals surface area contributed by atoms with Crippen molar-refractivity contribution in [2.24, 2.45) is 0 Å². The van der Waals surface area contributed by atoms with Gasteiger partial charge in [-0.1, -0.05) is 27.5 Å². The van der Waals surface area contributed by atoms with E-state index >= 15 is 0 Å². The first-order valence-corrected chi connectivity index (χ1v) is 7.58. The average molecular weight is 352 g/mol. The van der Waals surface area contributed by atoms with Crippen molar-refractivity contribution in [1.82, 2.24) is 0 Å². The van der Waals surface area contributed by atoms with Crippen LogP contribution < -0.4 is 4.74 Å². The normalized spacial score (nSPS) is 13.5. The van der Waals surface area contributed by atoms with Gasteiger partial charge in [-0.2, -0.15) is 0 Å². The molecular formula is C16H12BrClO2. The molecule has 20 heavy (non-hydrogen) atoms. The van der Waals surface area contributed by atoms with Crippen LogP contribution in [-0.2, 0) is 6.42 Å². The zero-order valence-corrected chi connectivity index (χ0v) is 13.0. The Kier molecular flexibility index (Phi) is 3.81. The van der Waals surface area contributed by atoms with Gasteiger partial charge in [-0.25, -0.2) is 0 Å². The summed E-state index contributed by atoms with van der Waals surface area (Å²) in [7, 11) is 0. The van der Waals surface area contributed by atoms with E-state index in [9.17, 15) is 4.79 Å². The van der Waals surface area contributed by atoms with E-state index in [1.807, 2.05) is 18.2 Å². The molecule has 0 amide bonds. The monoisotopic (exact) mass is 350 g/mol. The predicted octanol–water partition coefficient (Wildman–Crippen LogP) is 4.66. The van der Waals surface area contributed by atoms with Gasteiger partial charge < -0.3 is 4.74 Å². The fourth-order valence-corrected chi connectivity index (χ4v) is 2.89. The van der Waals surface area contributed by atoms with Crippen molar-refractivity contribution in [1.29, 1.82) is 0 Å². The smallest absolute Gasteiger partial charge is 0.194 e. The van der Waals surface area contributed by atoms with Crippen LogP contribution in [0.5, 0.6) is 5.75 Å². The standard InChI is InChI=1S/C16H12BrClO2/c17-12-4-5-14(18)13(9-12)16(19)11-3-6-15-10(8-11)2-1-7-20-15/h3-6,8-9H,1-2,7H2. The lowest BCUT2D eigenvalue weighted by Crippen LogP contribution is -2.10. The fraction of sp³-hybridized carbons (Fsp3) is 0.188. The topological polar surface area (TPSA) is 26.3 Å². The van der Waals surface area contributed by atoms with Crippen LogP contribution >= 0.6 is 27.5 Å². The predicted molar refractivity (Wildman–Crippen MR) is 82.8 cm³/mol. The lowest BCUT2D eigenvalue weighted by atomic mass is 9.98. The molecule has 0 saturated carbocycles. The maximum Gasteiger partial charge on any atom is 0.194 e. The van der Waals surface area contributed by atoms with Gasteiger partial charge in [0.2, 0.25) is 0 Å². The third kappa shape index (κ3) is 2.60. The average Bonchev–Trinajstić information content (AvgIpc) is 2.48. The van der Waals surface area contributed by atoms with Gasteiger partial charge in [-0.15, -0.1) is 0 Å². The van der Waals surface area contributed by atoms with Gasteiger partial charge in [0.15, 0.2) is 5.78 Å². The molecule has 0 N–H and O–H groups in total. The molecule has 0 unspecified atom stereocenters. The Balaban J connectivity index is 2.00. The minimum Gasteiger partial charge on any atom is -0.493 e. The molecule has 0 aromatic heterocycles. The molecule has 2 aromatic carbocycles. The summed E-state index contributed by atoms with van der Waals surface area (Å²) in [5, 5.41) is 0.465. The highest BCUT2D eigenvalue weighted by Crippen LogP contribution is 2.28. The molecule has 2 aromatic rings. The SMILES string of the molecule is O=C(c1ccc2c(c1)CCCO2)c1cc(Br)ccc1Cl. The summed E-state index contributed by atoms with van der Waals surface area (Å²) in [6.07, 6.45) is 1.94. The molecule has 2 nitrogen and oxygen atoms in total. The van der Waals surface area contributed by atoms with Gasteiger partial charge in [0, 0.05) is 15.6 Å². The van der Waals surface area contributed by atoms with Crippen molar-refractivity contribution < 1.29 is 9.53 Å². The van der Waals surface area contributed by atoms with E-state index in [-0.39, 0.29) is 5.78 Å². The van der Waals surface area contributed by atoms with E-state index in [0.717, 1.165) is 35.2 Å². The van der Waals surface area contributed by atoms with Crippen LogP contribution in [0.4, 0.5) is 0 Å². The third-order valence-corrected chi connectivity index (χ3v) is 4.17. The van der Waals surface area contributed by atoms with Crippen LogP contribution in [0.2, 0.25) is 5.02 Å². The molecular weight excluding hydrogens is 340 g/mol. The molecule has 0 atom stereocenters. The Morgan fingerprint density at radius 3 is 2.90 bits per heavy atom. The van der Waals surface area contributed by atoms with E-state index in [0.29, 0.717) is 16.1 Å². The van der Waals surface area contributed by atoms with Gasteiger partial charge in [-0.05, 0) is 54.8 Å². The van der Waals surface area contributed by atoms with Gasteiger partial charge in [0.1, 0.15) is 5.75 Å². The molecule has 0 spiro atoms. The summed E-state index contributed by atoms with van der Waals surface area (Å²) in [4.78, 5) is 12.6. The lowest BCUT2D eigenvalue weighted by Gasteiger charge is -2.17. The zero-order valence-electron chi connectivity index (χ0n) is 10.7. The first-order chi connectivity index (χ1) is 9.65. The largest absolute Gasteiger partial charge is 0.493 e. The van der Waals surface area contributed by atoms with Gasteiger partial charge >= 0.3 is 0 Å². The number of hydrogen-bond acceptors (Lipinski definition) is 2. The van der Waals surface area contributed by atoms with Crippen molar-refractivity contribution >= 4 is 33.3 Å². The number of rotatable bonds is 2. The summed E-state index contributed by atoms with van der Waals surface area (Å²) in [5.41, 5.74) is 2.25. The second-order valence-corrected chi connectivity index (χ2v) is 6.05. The molecule has 0 radical (unpaired) electrons. The Hall–Kier alpha value is -1.32. The van der Waals surface area contributed by atoms with Crippen LogP contribution in [0.3, 0.4) is 0 Å². The van der Waals surface area contributed by atoms with E-state index in [1.54, 1.807) is 18.2 Å². The van der Waals surface area contributed by atoms with Crippen LogP contribution in [-0.4, -0.2) is 12.4 Å². The number of aryl methyl sites for hydroxylation is 1. The lowest BCUT2D eigenvalue weighted by molar-refractivity contribution is 0.103. The number of carbonyl (C=O) groups is 1. The zero-order chi connectivity index (χ0) is 14.1. The van der Waals surface area contributed by atoms with Gasteiger partial charge in [-0.3, -0.25) is 4.79 Å². The highest BCUT2D eigenvalue weighted by atomic mass is 79.9. The van der Waals surface area contributed by atoms with Crippen molar-refractivity contribution in [3.05, 3.63) is 62.6 Å². The molecule has 102 valence electrons. The number of fused-ring (bicyclic) bond motifs is 1. The number of ketones is 1. The highest BCUT2D eigenvalue weighted by molar-refractivity contribution is 9.10. The Morgan fingerprint density at radius 2 is 2.05 bits per heavy atom. The molecule has 1 aliphatic heterocycles. The van der Waals surface area contributed by atoms with Crippen LogP contribution in [0, 0.1) is 0 Å². The maximum atomic E-state index is 12.6. The van der Waals surface area contributed by atoms with Crippen LogP contribution in [0.1, 0.15) is 27.9 Å². The number of benzene rings is 2. The summed E-state index contributed by atoms with van der Waals surface area (Å²) >= 11 is 9.48. The van der Waals surface area contributed by atoms with E-state index in [4.69, 9.17) is 16.3 Å². The second-order valence-electron chi connectivity index (χ2n) is 4.73. The number of halogens is 2. The minimum absolute atomic E-state index is 0.0651. The first-order valence-electron chi connectivity index (χ1n) is 6.40. The number of carbonyl (C=O) groups excluding carboxylic acids is 1. The summed E-state index contributed by atoms with van der Waals surface area (Å²) in [6.45, 7) is 0.748. The molecule has 1 aliphatic rings. The molecule has 1 heterocycles. The van der Waals surface area contributed by atoms with Crippen molar-refractivity contribution in [3.8, 4) is 5.75 Å². The molecule has 4 heteroatoms. The van der Waals surface area contributed by atoms with E-state index < -0.39 is 0 Å².